The van der Waals surface area contributed by atoms with Gasteiger partial charge in [-0.15, -0.1) is 0 Å². The lowest BCUT2D eigenvalue weighted by Gasteiger charge is -2.32. The number of amides is 1. The van der Waals surface area contributed by atoms with E-state index in [1.807, 2.05) is 39.0 Å². The van der Waals surface area contributed by atoms with Gasteiger partial charge in [0.25, 0.3) is 5.91 Å². The Labute approximate surface area is 135 Å². The molecule has 0 fully saturated rings. The summed E-state index contributed by atoms with van der Waals surface area (Å²) in [7, 11) is 0. The van der Waals surface area contributed by atoms with E-state index in [9.17, 15) is 9.59 Å². The van der Waals surface area contributed by atoms with Crippen molar-refractivity contribution in [3.8, 4) is 0 Å². The normalized spacial score (nSPS) is 14.9. The molecule has 1 amide bonds. The first kappa shape index (κ1) is 15.2. The van der Waals surface area contributed by atoms with E-state index in [0.29, 0.717) is 16.8 Å². The molecule has 1 N–H and O–H groups in total. The Morgan fingerprint density at radius 2 is 1.43 bits per heavy atom. The van der Waals surface area contributed by atoms with Crippen molar-refractivity contribution < 1.29 is 9.59 Å². The van der Waals surface area contributed by atoms with Crippen molar-refractivity contribution in [2.45, 2.75) is 26.2 Å². The van der Waals surface area contributed by atoms with Gasteiger partial charge in [-0.1, -0.05) is 57.2 Å². The third-order valence-corrected chi connectivity index (χ3v) is 4.00. The van der Waals surface area contributed by atoms with E-state index < -0.39 is 5.78 Å². The number of rotatable bonds is 1. The minimum Gasteiger partial charge on any atom is -0.285 e. The molecule has 0 radical (unpaired) electrons. The number of fused-ring (bicyclic) bond motifs is 1. The summed E-state index contributed by atoms with van der Waals surface area (Å²) in [6.45, 7) is 6.12. The zero-order chi connectivity index (χ0) is 16.8. The van der Waals surface area contributed by atoms with Crippen LogP contribution in [0.25, 0.3) is 0 Å². The lowest BCUT2D eigenvalue weighted by atomic mass is 9.84. The Balaban J connectivity index is 2.21. The van der Waals surface area contributed by atoms with Gasteiger partial charge in [-0.25, -0.2) is 0 Å². The first-order valence-corrected chi connectivity index (χ1v) is 7.48. The van der Waals surface area contributed by atoms with Crippen LogP contribution in [-0.4, -0.2) is 17.5 Å². The lowest BCUT2D eigenvalue weighted by molar-refractivity contribution is 0.0966. The third kappa shape index (κ3) is 2.36. The van der Waals surface area contributed by atoms with Crippen LogP contribution in [0, 0.1) is 5.41 Å². The molecule has 1 aliphatic heterocycles. The Kier molecular flexibility index (Phi) is 3.40. The molecule has 1 heterocycles. The highest BCUT2D eigenvalue weighted by Crippen LogP contribution is 2.34. The predicted octanol–water partition coefficient (Wildman–Crippen LogP) is 3.80. The summed E-state index contributed by atoms with van der Waals surface area (Å²) in [6.07, 6.45) is 0. The zero-order valence-corrected chi connectivity index (χ0v) is 13.4. The maximum atomic E-state index is 12.9. The molecule has 23 heavy (non-hydrogen) atoms. The summed E-state index contributed by atoms with van der Waals surface area (Å²) in [6, 6.07) is 14.1. The van der Waals surface area contributed by atoms with Crippen molar-refractivity contribution >= 4 is 23.2 Å². The molecule has 1 aliphatic rings. The largest absolute Gasteiger partial charge is 0.285 e. The number of anilines is 1. The second-order valence-electron chi connectivity index (χ2n) is 6.63. The maximum absolute atomic E-state index is 12.9. The summed E-state index contributed by atoms with van der Waals surface area (Å²) in [5.74, 6) is -1.06. The van der Waals surface area contributed by atoms with Crippen molar-refractivity contribution in [1.82, 2.24) is 0 Å². The van der Waals surface area contributed by atoms with Gasteiger partial charge < -0.3 is 0 Å². The predicted molar refractivity (Wildman–Crippen MR) is 90.5 cm³/mol. The third-order valence-electron chi connectivity index (χ3n) is 4.00. The number of benzene rings is 2. The van der Waals surface area contributed by atoms with Gasteiger partial charge in [-0.05, 0) is 23.1 Å². The van der Waals surface area contributed by atoms with E-state index in [4.69, 9.17) is 5.41 Å². The van der Waals surface area contributed by atoms with Crippen molar-refractivity contribution in [2.75, 3.05) is 4.90 Å². The highest BCUT2D eigenvalue weighted by atomic mass is 16.2. The Morgan fingerprint density at radius 1 is 0.870 bits per heavy atom. The molecular formula is C19H18N2O2. The Hall–Kier alpha value is -2.75. The van der Waals surface area contributed by atoms with Crippen LogP contribution in [0.3, 0.4) is 0 Å². The van der Waals surface area contributed by atoms with Crippen LogP contribution in [0.5, 0.6) is 0 Å². The molecule has 0 spiro atoms. The molecule has 0 aliphatic carbocycles. The number of carbonyl (C=O) groups excluding carboxylic acids is 2. The average Bonchev–Trinajstić information content (AvgIpc) is 2.52. The molecule has 116 valence electrons. The number of hydrogen-bond donors (Lipinski definition) is 1. The van der Waals surface area contributed by atoms with E-state index in [2.05, 4.69) is 0 Å². The number of hydrogen-bond acceptors (Lipinski definition) is 3. The number of nitrogens with one attached hydrogen (secondary N) is 1. The standard InChI is InChI=1S/C19H18N2O2/c1-19(2,3)14-10-6-7-11-15(14)21-17(20)16(22)12-8-4-5-9-13(12)18(21)23/h4-11,20H,1-3H3. The van der Waals surface area contributed by atoms with Gasteiger partial charge in [-0.3, -0.25) is 19.9 Å². The topological polar surface area (TPSA) is 61.2 Å². The van der Waals surface area contributed by atoms with E-state index in [-0.39, 0.29) is 17.2 Å². The molecule has 0 bridgehead atoms. The summed E-state index contributed by atoms with van der Waals surface area (Å²) in [5.41, 5.74) is 1.95. The molecule has 0 unspecified atom stereocenters. The molecule has 2 aromatic carbocycles. The van der Waals surface area contributed by atoms with Crippen LogP contribution < -0.4 is 4.90 Å². The van der Waals surface area contributed by atoms with Crippen molar-refractivity contribution in [1.29, 1.82) is 5.41 Å². The van der Waals surface area contributed by atoms with E-state index >= 15 is 0 Å². The molecule has 0 atom stereocenters. The number of para-hydroxylation sites is 1. The van der Waals surface area contributed by atoms with Gasteiger partial charge in [0.1, 0.15) is 0 Å². The molecule has 2 aromatic rings. The first-order valence-electron chi connectivity index (χ1n) is 7.48. The Bertz CT molecular complexity index is 831. The number of amidine groups is 1. The maximum Gasteiger partial charge on any atom is 0.264 e. The van der Waals surface area contributed by atoms with Gasteiger partial charge in [-0.2, -0.15) is 0 Å². The van der Waals surface area contributed by atoms with Crippen LogP contribution in [0.4, 0.5) is 5.69 Å². The van der Waals surface area contributed by atoms with E-state index in [1.165, 1.54) is 4.90 Å². The summed E-state index contributed by atoms with van der Waals surface area (Å²) in [5, 5.41) is 8.21. The average molecular weight is 306 g/mol. The minimum atomic E-state index is -0.427. The highest BCUT2D eigenvalue weighted by molar-refractivity contribution is 6.56. The van der Waals surface area contributed by atoms with Crippen molar-refractivity contribution in [3.05, 3.63) is 65.2 Å². The molecular weight excluding hydrogens is 288 g/mol. The van der Waals surface area contributed by atoms with Gasteiger partial charge in [0, 0.05) is 5.56 Å². The van der Waals surface area contributed by atoms with Gasteiger partial charge >= 0.3 is 0 Å². The fourth-order valence-electron chi connectivity index (χ4n) is 2.85. The molecule has 3 rings (SSSR count). The quantitative estimate of drug-likeness (QED) is 0.871. The highest BCUT2D eigenvalue weighted by Gasteiger charge is 2.37. The molecule has 0 saturated heterocycles. The van der Waals surface area contributed by atoms with Crippen LogP contribution in [0.15, 0.2) is 48.5 Å². The second kappa shape index (κ2) is 5.16. The van der Waals surface area contributed by atoms with Crippen molar-refractivity contribution in [3.63, 3.8) is 0 Å². The monoisotopic (exact) mass is 306 g/mol. The molecule has 4 heteroatoms. The summed E-state index contributed by atoms with van der Waals surface area (Å²) >= 11 is 0. The second-order valence-corrected chi connectivity index (χ2v) is 6.63. The van der Waals surface area contributed by atoms with E-state index in [1.54, 1.807) is 30.3 Å². The van der Waals surface area contributed by atoms with Gasteiger partial charge in [0.2, 0.25) is 5.78 Å². The van der Waals surface area contributed by atoms with Crippen LogP contribution in [0.2, 0.25) is 0 Å². The fourth-order valence-corrected chi connectivity index (χ4v) is 2.85. The fraction of sp³-hybridized carbons (Fsp3) is 0.211. The minimum absolute atomic E-state index is 0.211. The van der Waals surface area contributed by atoms with Crippen molar-refractivity contribution in [2.24, 2.45) is 0 Å². The summed E-state index contributed by atoms with van der Waals surface area (Å²) in [4.78, 5) is 26.6. The SMILES string of the molecule is CC(C)(C)c1ccccc1N1C(=N)C(=O)c2ccccc2C1=O. The molecule has 4 nitrogen and oxygen atoms in total. The lowest BCUT2D eigenvalue weighted by Crippen LogP contribution is -2.46. The summed E-state index contributed by atoms with van der Waals surface area (Å²) < 4.78 is 0. The number of Topliss-reactive ketones (excluding diaryl/α,β-unsaturated/α-hetero) is 1. The van der Waals surface area contributed by atoms with Gasteiger partial charge in [0.15, 0.2) is 5.84 Å². The first-order chi connectivity index (χ1) is 10.8. The van der Waals surface area contributed by atoms with Crippen LogP contribution in [-0.2, 0) is 5.41 Å². The van der Waals surface area contributed by atoms with Crippen LogP contribution >= 0.6 is 0 Å². The zero-order valence-electron chi connectivity index (χ0n) is 13.4. The Morgan fingerprint density at radius 3 is 2.09 bits per heavy atom. The molecule has 0 saturated carbocycles. The number of nitrogens with zero attached hydrogens (tertiary/aromatic N) is 1. The van der Waals surface area contributed by atoms with Crippen LogP contribution in [0.1, 0.15) is 47.1 Å². The smallest absolute Gasteiger partial charge is 0.264 e. The van der Waals surface area contributed by atoms with E-state index in [0.717, 1.165) is 5.56 Å². The number of carbonyl (C=O) groups is 2. The molecule has 0 aromatic heterocycles. The number of ketones is 1. The van der Waals surface area contributed by atoms with Gasteiger partial charge in [0.05, 0.1) is 11.3 Å².